The molecule has 0 aromatic carbocycles. The highest BCUT2D eigenvalue weighted by atomic mass is 15.2. The highest BCUT2D eigenvalue weighted by Gasteiger charge is 2.20. The molecule has 0 aromatic heterocycles. The van der Waals surface area contributed by atoms with Crippen LogP contribution in [0.5, 0.6) is 0 Å². The van der Waals surface area contributed by atoms with E-state index in [1.54, 1.807) is 0 Å². The Hall–Kier alpha value is -0.0800. The van der Waals surface area contributed by atoms with E-state index < -0.39 is 0 Å². The van der Waals surface area contributed by atoms with Crippen molar-refractivity contribution in [3.8, 4) is 0 Å². The predicted molar refractivity (Wildman–Crippen MR) is 65.1 cm³/mol. The molecular formula is C13H26N2. The maximum absolute atomic E-state index is 3.61. The highest BCUT2D eigenvalue weighted by Crippen LogP contribution is 2.20. The SMILES string of the molecule is CCC1CCCN(C[C@H]2CCCN2)CC1. The van der Waals surface area contributed by atoms with Gasteiger partial charge in [-0.25, -0.2) is 0 Å². The minimum atomic E-state index is 0.795. The summed E-state index contributed by atoms with van der Waals surface area (Å²) in [5.74, 6) is 1.01. The first-order chi connectivity index (χ1) is 7.38. The molecule has 0 aliphatic carbocycles. The molecule has 88 valence electrons. The van der Waals surface area contributed by atoms with Crippen LogP contribution in [0.4, 0.5) is 0 Å². The average molecular weight is 210 g/mol. The van der Waals surface area contributed by atoms with Crippen molar-refractivity contribution < 1.29 is 0 Å². The lowest BCUT2D eigenvalue weighted by atomic mass is 9.98. The van der Waals surface area contributed by atoms with Crippen molar-refractivity contribution in [1.82, 2.24) is 10.2 Å². The third kappa shape index (κ3) is 3.46. The Bertz CT molecular complexity index is 175. The normalized spacial score (nSPS) is 34.2. The molecule has 2 aliphatic rings. The van der Waals surface area contributed by atoms with Crippen LogP contribution in [0, 0.1) is 5.92 Å². The lowest BCUT2D eigenvalue weighted by Gasteiger charge is -2.23. The van der Waals surface area contributed by atoms with Crippen molar-refractivity contribution in [3.05, 3.63) is 0 Å². The second-order valence-corrected chi connectivity index (χ2v) is 5.30. The molecule has 1 N–H and O–H groups in total. The summed E-state index contributed by atoms with van der Waals surface area (Å²) in [6.45, 7) is 7.58. The zero-order valence-electron chi connectivity index (χ0n) is 10.2. The molecule has 2 saturated heterocycles. The van der Waals surface area contributed by atoms with Gasteiger partial charge in [0.25, 0.3) is 0 Å². The van der Waals surface area contributed by atoms with Crippen LogP contribution in [0.1, 0.15) is 45.4 Å². The second-order valence-electron chi connectivity index (χ2n) is 5.30. The Morgan fingerprint density at radius 1 is 1.13 bits per heavy atom. The van der Waals surface area contributed by atoms with Gasteiger partial charge >= 0.3 is 0 Å². The van der Waals surface area contributed by atoms with Gasteiger partial charge in [0.2, 0.25) is 0 Å². The topological polar surface area (TPSA) is 15.3 Å². The summed E-state index contributed by atoms with van der Waals surface area (Å²) in [7, 11) is 0. The maximum atomic E-state index is 3.61. The molecule has 0 spiro atoms. The van der Waals surface area contributed by atoms with E-state index in [9.17, 15) is 0 Å². The molecule has 2 heteroatoms. The van der Waals surface area contributed by atoms with Crippen molar-refractivity contribution in [2.45, 2.75) is 51.5 Å². The second kappa shape index (κ2) is 5.86. The number of rotatable bonds is 3. The Kier molecular flexibility index (Phi) is 4.45. The fourth-order valence-corrected chi connectivity index (χ4v) is 3.04. The van der Waals surface area contributed by atoms with Crippen molar-refractivity contribution >= 4 is 0 Å². The molecule has 2 fully saturated rings. The monoisotopic (exact) mass is 210 g/mol. The lowest BCUT2D eigenvalue weighted by Crippen LogP contribution is -2.38. The van der Waals surface area contributed by atoms with Gasteiger partial charge in [0.15, 0.2) is 0 Å². The van der Waals surface area contributed by atoms with Crippen molar-refractivity contribution in [2.75, 3.05) is 26.2 Å². The first-order valence-electron chi connectivity index (χ1n) is 6.84. The van der Waals surface area contributed by atoms with Crippen molar-refractivity contribution in [3.63, 3.8) is 0 Å². The average Bonchev–Trinajstić information content (AvgIpc) is 2.64. The molecule has 2 atom stereocenters. The van der Waals surface area contributed by atoms with Crippen LogP contribution in [0.25, 0.3) is 0 Å². The molecule has 2 nitrogen and oxygen atoms in total. The van der Waals surface area contributed by atoms with Crippen LogP contribution in [0.15, 0.2) is 0 Å². The van der Waals surface area contributed by atoms with Gasteiger partial charge in [0, 0.05) is 12.6 Å². The van der Waals surface area contributed by atoms with E-state index in [1.807, 2.05) is 0 Å². The smallest absolute Gasteiger partial charge is 0.0195 e. The van der Waals surface area contributed by atoms with E-state index in [2.05, 4.69) is 17.1 Å². The lowest BCUT2D eigenvalue weighted by molar-refractivity contribution is 0.255. The molecule has 2 rings (SSSR count). The quantitative estimate of drug-likeness (QED) is 0.768. The fourth-order valence-electron chi connectivity index (χ4n) is 3.04. The van der Waals surface area contributed by atoms with E-state index in [0.29, 0.717) is 0 Å². The van der Waals surface area contributed by atoms with Gasteiger partial charge in [-0.3, -0.25) is 0 Å². The van der Waals surface area contributed by atoms with Gasteiger partial charge in [-0.15, -0.1) is 0 Å². The summed E-state index contributed by atoms with van der Waals surface area (Å²) in [5.41, 5.74) is 0. The molecule has 0 bridgehead atoms. The summed E-state index contributed by atoms with van der Waals surface area (Å²) in [4.78, 5) is 2.69. The highest BCUT2D eigenvalue weighted by molar-refractivity contribution is 4.79. The summed E-state index contributed by atoms with van der Waals surface area (Å²) in [6.07, 6.45) is 8.48. The van der Waals surface area contributed by atoms with Crippen LogP contribution in [0.3, 0.4) is 0 Å². The fraction of sp³-hybridized carbons (Fsp3) is 1.00. The van der Waals surface area contributed by atoms with E-state index in [-0.39, 0.29) is 0 Å². The number of hydrogen-bond acceptors (Lipinski definition) is 2. The maximum Gasteiger partial charge on any atom is 0.0195 e. The summed E-state index contributed by atoms with van der Waals surface area (Å²) >= 11 is 0. The number of nitrogens with one attached hydrogen (secondary N) is 1. The van der Waals surface area contributed by atoms with E-state index in [0.717, 1.165) is 12.0 Å². The molecule has 0 amide bonds. The van der Waals surface area contributed by atoms with Crippen LogP contribution >= 0.6 is 0 Å². The van der Waals surface area contributed by atoms with Gasteiger partial charge in [-0.05, 0) is 57.7 Å². The van der Waals surface area contributed by atoms with Crippen LogP contribution in [-0.2, 0) is 0 Å². The van der Waals surface area contributed by atoms with Gasteiger partial charge in [0.05, 0.1) is 0 Å². The van der Waals surface area contributed by atoms with E-state index >= 15 is 0 Å². The summed E-state index contributed by atoms with van der Waals surface area (Å²) < 4.78 is 0. The predicted octanol–water partition coefficient (Wildman–Crippen LogP) is 2.25. The Balaban J connectivity index is 1.72. The van der Waals surface area contributed by atoms with Crippen molar-refractivity contribution in [2.24, 2.45) is 5.92 Å². The third-order valence-electron chi connectivity index (χ3n) is 4.16. The van der Waals surface area contributed by atoms with E-state index in [4.69, 9.17) is 0 Å². The van der Waals surface area contributed by atoms with E-state index in [1.165, 1.54) is 64.7 Å². The van der Waals surface area contributed by atoms with Gasteiger partial charge in [-0.2, -0.15) is 0 Å². The Morgan fingerprint density at radius 2 is 2.07 bits per heavy atom. The number of hydrogen-bond donors (Lipinski definition) is 1. The molecule has 2 heterocycles. The van der Waals surface area contributed by atoms with Crippen LogP contribution < -0.4 is 5.32 Å². The van der Waals surface area contributed by atoms with Crippen LogP contribution in [0.2, 0.25) is 0 Å². The molecule has 1 unspecified atom stereocenters. The zero-order valence-corrected chi connectivity index (χ0v) is 10.2. The minimum Gasteiger partial charge on any atom is -0.313 e. The first-order valence-corrected chi connectivity index (χ1v) is 6.84. The van der Waals surface area contributed by atoms with Gasteiger partial charge in [-0.1, -0.05) is 13.3 Å². The summed E-state index contributed by atoms with van der Waals surface area (Å²) in [6, 6.07) is 0.795. The first kappa shape index (κ1) is 11.4. The number of likely N-dealkylation sites (tertiary alicyclic amines) is 1. The zero-order chi connectivity index (χ0) is 10.5. The molecular weight excluding hydrogens is 184 g/mol. The Morgan fingerprint density at radius 3 is 2.80 bits per heavy atom. The number of nitrogens with zero attached hydrogens (tertiary/aromatic N) is 1. The molecule has 0 radical (unpaired) electrons. The van der Waals surface area contributed by atoms with Gasteiger partial charge in [0.1, 0.15) is 0 Å². The van der Waals surface area contributed by atoms with Gasteiger partial charge < -0.3 is 10.2 Å². The minimum absolute atomic E-state index is 0.795. The van der Waals surface area contributed by atoms with Crippen LogP contribution in [-0.4, -0.2) is 37.1 Å². The Labute approximate surface area is 94.4 Å². The molecule has 2 aliphatic heterocycles. The summed E-state index contributed by atoms with van der Waals surface area (Å²) in [5, 5.41) is 3.61. The molecule has 0 aromatic rings. The standard InChI is InChI=1S/C13H26N2/c1-2-12-5-4-9-15(10-7-12)11-13-6-3-8-14-13/h12-14H,2-11H2,1H3/t12?,13-/m1/s1. The molecule has 0 saturated carbocycles. The largest absolute Gasteiger partial charge is 0.313 e. The van der Waals surface area contributed by atoms with Crippen molar-refractivity contribution in [1.29, 1.82) is 0 Å². The third-order valence-corrected chi connectivity index (χ3v) is 4.16. The molecule has 15 heavy (non-hydrogen) atoms.